The minimum absolute atomic E-state index is 0.255. The molecule has 7 heteroatoms. The van der Waals surface area contributed by atoms with Crippen molar-refractivity contribution in [1.29, 1.82) is 0 Å². The van der Waals surface area contributed by atoms with Crippen LogP contribution >= 0.6 is 15.9 Å². The fraction of sp³-hybridized carbons (Fsp3) is 0. The number of amides is 1. The Morgan fingerprint density at radius 1 is 0.964 bits per heavy atom. The largest absolute Gasteiger partial charge is 0.369 e. The van der Waals surface area contributed by atoms with Gasteiger partial charge in [-0.05, 0) is 42.5 Å². The summed E-state index contributed by atoms with van der Waals surface area (Å²) in [5, 5.41) is 2.82. The van der Waals surface area contributed by atoms with Crippen molar-refractivity contribution in [3.05, 3.63) is 87.9 Å². The van der Waals surface area contributed by atoms with E-state index in [4.69, 9.17) is 5.73 Å². The summed E-state index contributed by atoms with van der Waals surface area (Å²) in [5.74, 6) is -0.322. The molecule has 6 nitrogen and oxygen atoms in total. The fourth-order valence-electron chi connectivity index (χ4n) is 2.97. The summed E-state index contributed by atoms with van der Waals surface area (Å²) in [5.41, 5.74) is 8.71. The van der Waals surface area contributed by atoms with Crippen LogP contribution in [0.25, 0.3) is 11.0 Å². The van der Waals surface area contributed by atoms with Crippen molar-refractivity contribution in [3.8, 4) is 0 Å². The number of rotatable bonds is 4. The highest BCUT2D eigenvalue weighted by atomic mass is 79.9. The summed E-state index contributed by atoms with van der Waals surface area (Å²) < 4.78 is 0.849. The predicted molar refractivity (Wildman–Crippen MR) is 112 cm³/mol. The maximum atomic E-state index is 13.1. The van der Waals surface area contributed by atoms with Gasteiger partial charge in [0.2, 0.25) is 0 Å². The number of nitrogens with one attached hydrogen (secondary N) is 2. The van der Waals surface area contributed by atoms with Crippen molar-refractivity contribution in [1.82, 2.24) is 9.97 Å². The molecule has 0 saturated heterocycles. The lowest BCUT2D eigenvalue weighted by atomic mass is 9.97. The number of carbonyl (C=O) groups is 2. The molecule has 0 unspecified atom stereocenters. The van der Waals surface area contributed by atoms with E-state index in [1.807, 2.05) is 12.1 Å². The third-order valence-electron chi connectivity index (χ3n) is 4.26. The number of hydrogen-bond donors (Lipinski definition) is 3. The van der Waals surface area contributed by atoms with Crippen LogP contribution in [-0.4, -0.2) is 21.7 Å². The molecule has 0 spiro atoms. The summed E-state index contributed by atoms with van der Waals surface area (Å²) in [6.45, 7) is 0. The summed E-state index contributed by atoms with van der Waals surface area (Å²) in [4.78, 5) is 32.9. The number of nitrogens with zero attached hydrogens (tertiary/aromatic N) is 1. The van der Waals surface area contributed by atoms with Crippen LogP contribution in [-0.2, 0) is 0 Å². The van der Waals surface area contributed by atoms with Crippen molar-refractivity contribution in [2.75, 3.05) is 11.1 Å². The Kier molecular flexibility index (Phi) is 4.67. The number of imidazole rings is 1. The molecule has 0 aliphatic heterocycles. The minimum Gasteiger partial charge on any atom is -0.369 e. The van der Waals surface area contributed by atoms with Gasteiger partial charge >= 0.3 is 0 Å². The lowest BCUT2D eigenvalue weighted by molar-refractivity contribution is 0.0996. The molecule has 4 N–H and O–H groups in total. The van der Waals surface area contributed by atoms with Crippen molar-refractivity contribution >= 4 is 50.3 Å². The second-order valence-electron chi connectivity index (χ2n) is 6.19. The van der Waals surface area contributed by atoms with E-state index in [0.29, 0.717) is 33.4 Å². The van der Waals surface area contributed by atoms with Gasteiger partial charge in [0, 0.05) is 21.3 Å². The molecule has 4 rings (SSSR count). The number of ketones is 1. The number of fused-ring (bicyclic) bond motifs is 1. The summed E-state index contributed by atoms with van der Waals surface area (Å²) in [6, 6.07) is 19.1. The molecule has 4 aromatic rings. The fourth-order valence-corrected chi connectivity index (χ4v) is 3.37. The van der Waals surface area contributed by atoms with Crippen LogP contribution < -0.4 is 11.1 Å². The van der Waals surface area contributed by atoms with E-state index in [1.54, 1.807) is 54.6 Å². The number of benzene rings is 3. The molecule has 0 aliphatic rings. The number of aromatic nitrogens is 2. The first-order chi connectivity index (χ1) is 13.5. The van der Waals surface area contributed by atoms with Gasteiger partial charge in [-0.3, -0.25) is 9.59 Å². The van der Waals surface area contributed by atoms with Crippen LogP contribution in [0.1, 0.15) is 26.3 Å². The Morgan fingerprint density at radius 2 is 1.75 bits per heavy atom. The second-order valence-corrected chi connectivity index (χ2v) is 7.11. The van der Waals surface area contributed by atoms with Gasteiger partial charge in [0.25, 0.3) is 5.91 Å². The number of nitrogens with two attached hydrogens (primary N) is 1. The van der Waals surface area contributed by atoms with Crippen LogP contribution in [0.4, 0.5) is 11.6 Å². The molecular formula is C21H15BrN4O2. The molecule has 0 aliphatic carbocycles. The highest BCUT2D eigenvalue weighted by molar-refractivity contribution is 9.10. The zero-order chi connectivity index (χ0) is 19.7. The van der Waals surface area contributed by atoms with Crippen LogP contribution in [0.2, 0.25) is 0 Å². The van der Waals surface area contributed by atoms with Gasteiger partial charge in [-0.2, -0.15) is 0 Å². The third kappa shape index (κ3) is 3.52. The van der Waals surface area contributed by atoms with Crippen molar-refractivity contribution in [3.63, 3.8) is 0 Å². The molecule has 0 atom stereocenters. The smallest absolute Gasteiger partial charge is 0.256 e. The quantitative estimate of drug-likeness (QED) is 0.414. The van der Waals surface area contributed by atoms with E-state index in [-0.39, 0.29) is 17.6 Å². The average Bonchev–Trinajstić information content (AvgIpc) is 3.06. The normalized spacial score (nSPS) is 10.8. The van der Waals surface area contributed by atoms with Crippen LogP contribution in [0.5, 0.6) is 0 Å². The summed E-state index contributed by atoms with van der Waals surface area (Å²) in [7, 11) is 0. The van der Waals surface area contributed by atoms with E-state index < -0.39 is 0 Å². The Balaban J connectivity index is 1.67. The second kappa shape index (κ2) is 7.28. The Morgan fingerprint density at radius 3 is 2.54 bits per heavy atom. The predicted octanol–water partition coefficient (Wildman–Crippen LogP) is 4.39. The Hall–Kier alpha value is -3.45. The van der Waals surface area contributed by atoms with Crippen LogP contribution in [0.15, 0.2) is 71.2 Å². The van der Waals surface area contributed by atoms with Gasteiger partial charge in [-0.15, -0.1) is 0 Å². The molecule has 1 aromatic heterocycles. The van der Waals surface area contributed by atoms with Gasteiger partial charge < -0.3 is 16.0 Å². The third-order valence-corrected chi connectivity index (χ3v) is 4.75. The number of nitrogen functional groups attached to an aromatic ring is 1. The van der Waals surface area contributed by atoms with Crippen molar-refractivity contribution < 1.29 is 9.59 Å². The van der Waals surface area contributed by atoms with E-state index >= 15 is 0 Å². The molecular weight excluding hydrogens is 420 g/mol. The highest BCUT2D eigenvalue weighted by Gasteiger charge is 2.19. The standard InChI is InChI=1S/C21H15BrN4O2/c22-13-4-3-5-14(11-13)24-20(28)16-7-2-1-6-15(16)19(27)12-8-9-17-18(10-12)26-21(23)25-17/h1-11H,(H,24,28)(H3,23,25,26). The monoisotopic (exact) mass is 434 g/mol. The van der Waals surface area contributed by atoms with E-state index in [0.717, 1.165) is 4.47 Å². The first kappa shape index (κ1) is 17.9. The molecule has 0 radical (unpaired) electrons. The lowest BCUT2D eigenvalue weighted by Gasteiger charge is -2.10. The zero-order valence-corrected chi connectivity index (χ0v) is 16.2. The first-order valence-corrected chi connectivity index (χ1v) is 9.26. The molecule has 28 heavy (non-hydrogen) atoms. The topological polar surface area (TPSA) is 101 Å². The highest BCUT2D eigenvalue weighted by Crippen LogP contribution is 2.21. The van der Waals surface area contributed by atoms with Gasteiger partial charge in [0.1, 0.15) is 0 Å². The molecule has 0 bridgehead atoms. The minimum atomic E-state index is -0.353. The number of carbonyl (C=O) groups excluding carboxylic acids is 2. The number of H-pyrrole nitrogens is 1. The Bertz CT molecular complexity index is 1220. The van der Waals surface area contributed by atoms with Gasteiger partial charge in [-0.25, -0.2) is 4.98 Å². The first-order valence-electron chi connectivity index (χ1n) is 8.47. The van der Waals surface area contributed by atoms with Gasteiger partial charge in [-0.1, -0.05) is 40.2 Å². The van der Waals surface area contributed by atoms with Gasteiger partial charge in [0.05, 0.1) is 16.6 Å². The van der Waals surface area contributed by atoms with Crippen LogP contribution in [0.3, 0.4) is 0 Å². The van der Waals surface area contributed by atoms with E-state index in [2.05, 4.69) is 31.2 Å². The molecule has 3 aromatic carbocycles. The number of halogens is 1. The summed E-state index contributed by atoms with van der Waals surface area (Å²) >= 11 is 3.38. The molecule has 1 heterocycles. The maximum absolute atomic E-state index is 13.1. The number of anilines is 2. The van der Waals surface area contributed by atoms with Crippen molar-refractivity contribution in [2.24, 2.45) is 0 Å². The molecule has 138 valence electrons. The summed E-state index contributed by atoms with van der Waals surface area (Å²) in [6.07, 6.45) is 0. The molecule has 0 saturated carbocycles. The average molecular weight is 435 g/mol. The molecule has 0 fully saturated rings. The Labute approximate surface area is 168 Å². The molecule has 1 amide bonds. The SMILES string of the molecule is Nc1nc2ccc(C(=O)c3ccccc3C(=O)Nc3cccc(Br)c3)cc2[nH]1. The maximum Gasteiger partial charge on any atom is 0.256 e. The number of hydrogen-bond acceptors (Lipinski definition) is 4. The number of aromatic amines is 1. The van der Waals surface area contributed by atoms with E-state index in [9.17, 15) is 9.59 Å². The van der Waals surface area contributed by atoms with Crippen molar-refractivity contribution in [2.45, 2.75) is 0 Å². The lowest BCUT2D eigenvalue weighted by Crippen LogP contribution is -2.17. The van der Waals surface area contributed by atoms with Gasteiger partial charge in [0.15, 0.2) is 11.7 Å². The van der Waals surface area contributed by atoms with E-state index in [1.165, 1.54) is 0 Å². The van der Waals surface area contributed by atoms with Crippen LogP contribution in [0, 0.1) is 0 Å². The zero-order valence-electron chi connectivity index (χ0n) is 14.6.